The third kappa shape index (κ3) is 2.21. The van der Waals surface area contributed by atoms with Crippen molar-refractivity contribution in [2.75, 3.05) is 0 Å². The summed E-state index contributed by atoms with van der Waals surface area (Å²) >= 11 is 1.44. The third-order valence-corrected chi connectivity index (χ3v) is 3.62. The number of carboxylic acid groups (broad SMARTS) is 1. The first-order valence-corrected chi connectivity index (χ1v) is 6.35. The molecule has 0 aliphatic heterocycles. The highest BCUT2D eigenvalue weighted by molar-refractivity contribution is 7.99. The molecule has 0 atom stereocenters. The number of nitrogens with zero attached hydrogens (tertiary/aromatic N) is 4. The maximum absolute atomic E-state index is 10.7. The quantitative estimate of drug-likeness (QED) is 0.905. The Morgan fingerprint density at radius 2 is 2.06 bits per heavy atom. The summed E-state index contributed by atoms with van der Waals surface area (Å²) in [6.45, 7) is 0. The summed E-state index contributed by atoms with van der Waals surface area (Å²) in [5.74, 6) is -0.922. The molecule has 0 unspecified atom stereocenters. The van der Waals surface area contributed by atoms with Crippen LogP contribution < -0.4 is 0 Å². The average Bonchev–Trinajstić information content (AvgIpc) is 3.11. The van der Waals surface area contributed by atoms with Gasteiger partial charge in [0, 0.05) is 4.90 Å². The second-order valence-corrected chi connectivity index (χ2v) is 5.11. The summed E-state index contributed by atoms with van der Waals surface area (Å²) in [5.41, 5.74) is 0.279. The van der Waals surface area contributed by atoms with Gasteiger partial charge in [0.1, 0.15) is 0 Å². The van der Waals surface area contributed by atoms with Gasteiger partial charge in [-0.1, -0.05) is 0 Å². The lowest BCUT2D eigenvalue weighted by Crippen LogP contribution is -1.98. The Morgan fingerprint density at radius 1 is 1.33 bits per heavy atom. The van der Waals surface area contributed by atoms with Crippen molar-refractivity contribution in [1.29, 1.82) is 0 Å². The maximum Gasteiger partial charge on any atom is 0.335 e. The van der Waals surface area contributed by atoms with E-state index < -0.39 is 5.97 Å². The lowest BCUT2D eigenvalue weighted by Gasteiger charge is -2.02. The zero-order valence-electron chi connectivity index (χ0n) is 9.35. The Labute approximate surface area is 107 Å². The van der Waals surface area contributed by atoms with Gasteiger partial charge in [0.25, 0.3) is 0 Å². The minimum Gasteiger partial charge on any atom is -0.478 e. The second-order valence-electron chi connectivity index (χ2n) is 4.07. The fraction of sp³-hybridized carbons (Fsp3) is 0.273. The van der Waals surface area contributed by atoms with E-state index in [9.17, 15) is 4.79 Å². The van der Waals surface area contributed by atoms with E-state index in [1.165, 1.54) is 11.8 Å². The summed E-state index contributed by atoms with van der Waals surface area (Å²) in [5, 5.41) is 21.2. The predicted octanol–water partition coefficient (Wildman–Crippen LogP) is 1.86. The molecule has 1 N–H and O–H groups in total. The molecule has 0 spiro atoms. The van der Waals surface area contributed by atoms with Gasteiger partial charge in [0.05, 0.1) is 11.6 Å². The van der Waals surface area contributed by atoms with Crippen LogP contribution in [0.5, 0.6) is 0 Å². The van der Waals surface area contributed by atoms with Crippen LogP contribution in [0, 0.1) is 0 Å². The van der Waals surface area contributed by atoms with E-state index in [0.717, 1.165) is 22.9 Å². The molecular formula is C11H10N4O2S. The van der Waals surface area contributed by atoms with Crippen molar-refractivity contribution in [2.45, 2.75) is 28.9 Å². The smallest absolute Gasteiger partial charge is 0.335 e. The summed E-state index contributed by atoms with van der Waals surface area (Å²) in [4.78, 5) is 11.7. The zero-order valence-corrected chi connectivity index (χ0v) is 10.2. The molecule has 1 aromatic heterocycles. The Bertz CT molecular complexity index is 577. The molecule has 1 saturated carbocycles. The monoisotopic (exact) mass is 262 g/mol. The number of carbonyl (C=O) groups is 1. The molecule has 7 heteroatoms. The Morgan fingerprint density at radius 3 is 2.67 bits per heavy atom. The van der Waals surface area contributed by atoms with Gasteiger partial charge in [0.15, 0.2) is 0 Å². The highest BCUT2D eigenvalue weighted by Gasteiger charge is 2.28. The molecule has 6 nitrogen and oxygen atoms in total. The molecule has 1 aromatic carbocycles. The molecule has 1 aliphatic carbocycles. The Balaban J connectivity index is 1.79. The zero-order chi connectivity index (χ0) is 12.5. The summed E-state index contributed by atoms with van der Waals surface area (Å²) in [6, 6.07) is 7.12. The van der Waals surface area contributed by atoms with Gasteiger partial charge in [-0.05, 0) is 59.3 Å². The third-order valence-electron chi connectivity index (χ3n) is 2.67. The summed E-state index contributed by atoms with van der Waals surface area (Å²) in [7, 11) is 0. The van der Waals surface area contributed by atoms with Crippen LogP contribution in [0.25, 0.3) is 0 Å². The number of aromatic nitrogens is 4. The lowest BCUT2D eigenvalue weighted by molar-refractivity contribution is 0.0697. The average molecular weight is 262 g/mol. The van der Waals surface area contributed by atoms with Crippen molar-refractivity contribution >= 4 is 17.7 Å². The molecule has 1 aliphatic rings. The van der Waals surface area contributed by atoms with Gasteiger partial charge in [-0.2, -0.15) is 0 Å². The van der Waals surface area contributed by atoms with E-state index in [-0.39, 0.29) is 5.56 Å². The van der Waals surface area contributed by atoms with Crippen LogP contribution >= 0.6 is 11.8 Å². The summed E-state index contributed by atoms with van der Waals surface area (Å²) < 4.78 is 1.83. The van der Waals surface area contributed by atoms with Gasteiger partial charge in [0.2, 0.25) is 5.16 Å². The molecule has 2 aromatic rings. The lowest BCUT2D eigenvalue weighted by atomic mass is 10.2. The van der Waals surface area contributed by atoms with Crippen LogP contribution in [0.2, 0.25) is 0 Å². The molecule has 3 rings (SSSR count). The van der Waals surface area contributed by atoms with Crippen molar-refractivity contribution in [1.82, 2.24) is 20.2 Å². The first-order valence-electron chi connectivity index (χ1n) is 5.53. The number of aromatic carboxylic acids is 1. The molecule has 1 heterocycles. The molecule has 92 valence electrons. The van der Waals surface area contributed by atoms with E-state index in [1.54, 1.807) is 24.3 Å². The number of carboxylic acids is 1. The largest absolute Gasteiger partial charge is 0.478 e. The van der Waals surface area contributed by atoms with Gasteiger partial charge in [-0.25, -0.2) is 9.48 Å². The molecule has 0 radical (unpaired) electrons. The highest BCUT2D eigenvalue weighted by Crippen LogP contribution is 2.37. The van der Waals surface area contributed by atoms with E-state index in [0.29, 0.717) is 6.04 Å². The first-order chi connectivity index (χ1) is 8.74. The minimum absolute atomic E-state index is 0.279. The van der Waals surface area contributed by atoms with E-state index in [4.69, 9.17) is 5.11 Å². The van der Waals surface area contributed by atoms with Crippen molar-refractivity contribution in [3.63, 3.8) is 0 Å². The number of rotatable bonds is 4. The highest BCUT2D eigenvalue weighted by atomic mass is 32.2. The molecule has 0 bridgehead atoms. The van der Waals surface area contributed by atoms with E-state index >= 15 is 0 Å². The van der Waals surface area contributed by atoms with Crippen LogP contribution in [-0.2, 0) is 0 Å². The fourth-order valence-corrected chi connectivity index (χ4v) is 2.41. The van der Waals surface area contributed by atoms with Crippen molar-refractivity contribution < 1.29 is 9.90 Å². The normalized spacial score (nSPS) is 14.7. The Kier molecular flexibility index (Phi) is 2.75. The fourth-order valence-electron chi connectivity index (χ4n) is 1.57. The molecule has 18 heavy (non-hydrogen) atoms. The predicted molar refractivity (Wildman–Crippen MR) is 63.6 cm³/mol. The first kappa shape index (κ1) is 11.2. The standard InChI is InChI=1S/C11H10N4O2S/c16-10(17)7-1-5-9(6-2-7)18-11-12-13-14-15(11)8-3-4-8/h1-2,5-6,8H,3-4H2,(H,16,17). The van der Waals surface area contributed by atoms with Gasteiger partial charge < -0.3 is 5.11 Å². The topological polar surface area (TPSA) is 80.9 Å². The molecule has 1 fully saturated rings. The van der Waals surface area contributed by atoms with Gasteiger partial charge >= 0.3 is 5.97 Å². The van der Waals surface area contributed by atoms with E-state index in [2.05, 4.69) is 15.5 Å². The van der Waals surface area contributed by atoms with Crippen molar-refractivity contribution in [2.24, 2.45) is 0 Å². The maximum atomic E-state index is 10.7. The SMILES string of the molecule is O=C(O)c1ccc(Sc2nnnn2C2CC2)cc1. The second kappa shape index (κ2) is 4.41. The van der Waals surface area contributed by atoms with Gasteiger partial charge in [-0.15, -0.1) is 5.10 Å². The van der Waals surface area contributed by atoms with Crippen LogP contribution in [-0.4, -0.2) is 31.3 Å². The molecular weight excluding hydrogens is 252 g/mol. The number of hydrogen-bond donors (Lipinski definition) is 1. The van der Waals surface area contributed by atoms with Crippen LogP contribution in [0.4, 0.5) is 0 Å². The molecule has 0 saturated heterocycles. The van der Waals surface area contributed by atoms with Crippen LogP contribution in [0.15, 0.2) is 34.3 Å². The number of benzene rings is 1. The van der Waals surface area contributed by atoms with Crippen molar-refractivity contribution in [3.05, 3.63) is 29.8 Å². The van der Waals surface area contributed by atoms with Crippen LogP contribution in [0.3, 0.4) is 0 Å². The number of hydrogen-bond acceptors (Lipinski definition) is 5. The van der Waals surface area contributed by atoms with Crippen molar-refractivity contribution in [3.8, 4) is 0 Å². The van der Waals surface area contributed by atoms with Gasteiger partial charge in [-0.3, -0.25) is 0 Å². The molecule has 0 amide bonds. The minimum atomic E-state index is -0.922. The Hall–Kier alpha value is -1.89. The van der Waals surface area contributed by atoms with Crippen LogP contribution in [0.1, 0.15) is 29.2 Å². The number of tetrazole rings is 1. The summed E-state index contributed by atoms with van der Waals surface area (Å²) in [6.07, 6.45) is 2.24. The van der Waals surface area contributed by atoms with E-state index in [1.807, 2.05) is 4.68 Å².